The molecule has 0 radical (unpaired) electrons. The van der Waals surface area contributed by atoms with Gasteiger partial charge in [0.2, 0.25) is 0 Å². The first-order valence-corrected chi connectivity index (χ1v) is 11.7. The van der Waals surface area contributed by atoms with Crippen LogP contribution in [0.4, 0.5) is 11.4 Å². The van der Waals surface area contributed by atoms with Gasteiger partial charge in [-0.1, -0.05) is 60.7 Å². The van der Waals surface area contributed by atoms with Crippen molar-refractivity contribution < 1.29 is 23.7 Å². The van der Waals surface area contributed by atoms with Crippen LogP contribution in [-0.4, -0.2) is 34.3 Å². The second kappa shape index (κ2) is 11.4. The molecule has 0 aliphatic rings. The summed E-state index contributed by atoms with van der Waals surface area (Å²) in [4.78, 5) is 14.5. The van der Waals surface area contributed by atoms with Crippen LogP contribution in [0.15, 0.2) is 97.1 Å². The highest BCUT2D eigenvalue weighted by Gasteiger charge is 2.43. The van der Waals surface area contributed by atoms with Crippen LogP contribution >= 0.6 is 0 Å². The second-order valence-electron chi connectivity index (χ2n) is 8.19. The van der Waals surface area contributed by atoms with E-state index < -0.39 is 5.54 Å². The molecule has 4 rings (SSSR count). The van der Waals surface area contributed by atoms with Gasteiger partial charge < -0.3 is 29.6 Å². The highest BCUT2D eigenvalue weighted by Crippen LogP contribution is 2.40. The Bertz CT molecular complexity index is 1300. The number of carbonyl (C=O) groups excluding carboxylic acids is 1. The lowest BCUT2D eigenvalue weighted by molar-refractivity contribution is -0.119. The Balaban J connectivity index is 1.91. The van der Waals surface area contributed by atoms with Crippen LogP contribution < -0.4 is 29.6 Å². The molecule has 0 aliphatic carbocycles. The maximum absolute atomic E-state index is 14.5. The van der Waals surface area contributed by atoms with Gasteiger partial charge in [-0.15, -0.1) is 0 Å². The summed E-state index contributed by atoms with van der Waals surface area (Å²) >= 11 is 0. The molecule has 7 nitrogen and oxygen atoms in total. The number of hydrogen-bond acceptors (Lipinski definition) is 6. The van der Waals surface area contributed by atoms with Gasteiger partial charge in [-0.3, -0.25) is 4.79 Å². The Morgan fingerprint density at radius 3 is 1.51 bits per heavy atom. The fraction of sp³-hybridized carbons (Fsp3) is 0.167. The zero-order chi connectivity index (χ0) is 26.3. The summed E-state index contributed by atoms with van der Waals surface area (Å²) in [5, 5.41) is 6.60. The second-order valence-corrected chi connectivity index (χ2v) is 8.19. The molecule has 1 amide bonds. The third-order valence-electron chi connectivity index (χ3n) is 6.14. The highest BCUT2D eigenvalue weighted by atomic mass is 16.5. The summed E-state index contributed by atoms with van der Waals surface area (Å²) in [5.74, 6) is 1.95. The first-order chi connectivity index (χ1) is 18.0. The number of anilines is 2. The molecule has 37 heavy (non-hydrogen) atoms. The zero-order valence-electron chi connectivity index (χ0n) is 21.3. The Morgan fingerprint density at radius 1 is 0.595 bits per heavy atom. The van der Waals surface area contributed by atoms with Crippen molar-refractivity contribution in [1.82, 2.24) is 0 Å². The van der Waals surface area contributed by atoms with Crippen LogP contribution in [0, 0.1) is 0 Å². The van der Waals surface area contributed by atoms with Crippen molar-refractivity contribution in [2.45, 2.75) is 5.54 Å². The summed E-state index contributed by atoms with van der Waals surface area (Å²) in [6.07, 6.45) is 0. The number of ether oxygens (including phenoxy) is 4. The molecule has 7 heteroatoms. The van der Waals surface area contributed by atoms with E-state index in [1.54, 1.807) is 52.7 Å². The minimum atomic E-state index is -1.34. The van der Waals surface area contributed by atoms with Gasteiger partial charge in [0.05, 0.1) is 39.8 Å². The summed E-state index contributed by atoms with van der Waals surface area (Å²) in [6.45, 7) is 0. The predicted molar refractivity (Wildman–Crippen MR) is 145 cm³/mol. The van der Waals surface area contributed by atoms with E-state index in [0.717, 1.165) is 11.1 Å². The number of hydrogen-bond donors (Lipinski definition) is 2. The smallest absolute Gasteiger partial charge is 0.259 e. The van der Waals surface area contributed by atoms with Gasteiger partial charge in [-0.25, -0.2) is 0 Å². The zero-order valence-corrected chi connectivity index (χ0v) is 21.3. The normalized spacial score (nSPS) is 10.8. The Morgan fingerprint density at radius 2 is 1.05 bits per heavy atom. The molecule has 0 aliphatic heterocycles. The van der Waals surface area contributed by atoms with E-state index >= 15 is 0 Å². The lowest BCUT2D eigenvalue weighted by Gasteiger charge is -2.36. The minimum Gasteiger partial charge on any atom is -0.497 e. The maximum atomic E-state index is 14.5. The Hall–Kier alpha value is -4.65. The first-order valence-electron chi connectivity index (χ1n) is 11.7. The average molecular weight is 499 g/mol. The van der Waals surface area contributed by atoms with Gasteiger partial charge in [0.15, 0.2) is 5.54 Å². The van der Waals surface area contributed by atoms with Gasteiger partial charge in [0.1, 0.15) is 23.0 Å². The van der Waals surface area contributed by atoms with E-state index in [0.29, 0.717) is 34.4 Å². The van der Waals surface area contributed by atoms with E-state index in [2.05, 4.69) is 10.6 Å². The molecule has 4 aromatic rings. The van der Waals surface area contributed by atoms with Crippen LogP contribution in [-0.2, 0) is 10.3 Å². The largest absolute Gasteiger partial charge is 0.497 e. The van der Waals surface area contributed by atoms with Gasteiger partial charge in [-0.2, -0.15) is 0 Å². The van der Waals surface area contributed by atoms with E-state index in [9.17, 15) is 4.79 Å². The first kappa shape index (κ1) is 25.4. The van der Waals surface area contributed by atoms with Crippen molar-refractivity contribution in [1.29, 1.82) is 0 Å². The van der Waals surface area contributed by atoms with Crippen molar-refractivity contribution in [2.24, 2.45) is 0 Å². The molecule has 0 saturated carbocycles. The monoisotopic (exact) mass is 498 g/mol. The molecule has 0 atom stereocenters. The summed E-state index contributed by atoms with van der Waals surface area (Å²) in [7, 11) is 6.30. The number of methoxy groups -OCH3 is 4. The van der Waals surface area contributed by atoms with Crippen LogP contribution in [0.2, 0.25) is 0 Å². The van der Waals surface area contributed by atoms with E-state index in [4.69, 9.17) is 18.9 Å². The van der Waals surface area contributed by atoms with Gasteiger partial charge >= 0.3 is 0 Å². The van der Waals surface area contributed by atoms with E-state index in [1.165, 1.54) is 0 Å². The minimum absolute atomic E-state index is 0.314. The van der Waals surface area contributed by atoms with Crippen LogP contribution in [0.25, 0.3) is 0 Å². The Kier molecular flexibility index (Phi) is 7.83. The fourth-order valence-electron chi connectivity index (χ4n) is 4.23. The quantitative estimate of drug-likeness (QED) is 0.291. The van der Waals surface area contributed by atoms with Gasteiger partial charge in [0, 0.05) is 12.1 Å². The van der Waals surface area contributed by atoms with Crippen molar-refractivity contribution in [3.63, 3.8) is 0 Å². The molecule has 2 N–H and O–H groups in total. The van der Waals surface area contributed by atoms with Gasteiger partial charge in [0.25, 0.3) is 5.91 Å². The van der Waals surface area contributed by atoms with Crippen LogP contribution in [0.3, 0.4) is 0 Å². The maximum Gasteiger partial charge on any atom is 0.259 e. The van der Waals surface area contributed by atoms with Crippen molar-refractivity contribution in [3.8, 4) is 23.0 Å². The van der Waals surface area contributed by atoms with Crippen LogP contribution in [0.5, 0.6) is 23.0 Å². The lowest BCUT2D eigenvalue weighted by Crippen LogP contribution is -2.48. The molecular weight excluding hydrogens is 468 g/mol. The lowest BCUT2D eigenvalue weighted by atomic mass is 9.81. The molecule has 0 aromatic heterocycles. The number of rotatable bonds is 10. The summed E-state index contributed by atoms with van der Waals surface area (Å²) in [6, 6.07) is 29.8. The number of amides is 1. The Labute approximate surface area is 217 Å². The highest BCUT2D eigenvalue weighted by molar-refractivity contribution is 6.04. The molecule has 190 valence electrons. The molecule has 0 fully saturated rings. The standard InChI is InChI=1S/C30H30N2O5/c1-34-23-15-17-25(27(19-23)36-3)31-29(33)30(21-11-7-5-8-12-21,22-13-9-6-10-14-22)32-26-18-16-24(35-2)20-28(26)37-4/h5-20,32H,1-4H3,(H,31,33). The third kappa shape index (κ3) is 5.16. The number of nitrogens with one attached hydrogen (secondary N) is 2. The predicted octanol–water partition coefficient (Wildman–Crippen LogP) is 5.72. The fourth-order valence-corrected chi connectivity index (χ4v) is 4.23. The third-order valence-corrected chi connectivity index (χ3v) is 6.14. The number of benzene rings is 4. The van der Waals surface area contributed by atoms with Crippen molar-refractivity contribution in [2.75, 3.05) is 39.1 Å². The van der Waals surface area contributed by atoms with Crippen molar-refractivity contribution >= 4 is 17.3 Å². The van der Waals surface area contributed by atoms with Crippen LogP contribution in [0.1, 0.15) is 11.1 Å². The molecule has 4 aromatic carbocycles. The van der Waals surface area contributed by atoms with E-state index in [1.807, 2.05) is 72.8 Å². The number of carbonyl (C=O) groups is 1. The van der Waals surface area contributed by atoms with Gasteiger partial charge in [-0.05, 0) is 35.4 Å². The molecule has 0 saturated heterocycles. The topological polar surface area (TPSA) is 78.1 Å². The molecule has 0 spiro atoms. The van der Waals surface area contributed by atoms with Crippen molar-refractivity contribution in [3.05, 3.63) is 108 Å². The average Bonchev–Trinajstić information content (AvgIpc) is 2.96. The molecule has 0 heterocycles. The summed E-state index contributed by atoms with van der Waals surface area (Å²) < 4.78 is 21.9. The molecular formula is C30H30N2O5. The van der Waals surface area contributed by atoms with E-state index in [-0.39, 0.29) is 5.91 Å². The molecule has 0 bridgehead atoms. The SMILES string of the molecule is COc1ccc(NC(=O)C(Nc2ccc(OC)cc2OC)(c2ccccc2)c2ccccc2)c(OC)c1. The summed E-state index contributed by atoms with van der Waals surface area (Å²) in [5.41, 5.74) is 1.27. The molecule has 0 unspecified atom stereocenters.